The standard InChI is InChI=1S/C30H40N4O7S/c1-41-22-13-11-20(12-14-22)18-26(35)31-24-9-6-4-2-3-5-8-21-19-30(21,29(38)33-42(39,40)23-15-16-23)32-27(36)25-10-7-17-34(25)28(24)37/h5,8,11-14,21,23-25H,2-4,6-7,9-10,15-19H2,1H3,(H,31,35)(H,32,36)(H,33,38)/t21-,24+,25+,30-/m1/s1. The number of rotatable bonds is 7. The Morgan fingerprint density at radius 2 is 1.81 bits per heavy atom. The van der Waals surface area contributed by atoms with Crippen LogP contribution in [0.25, 0.3) is 0 Å². The van der Waals surface area contributed by atoms with Crippen molar-refractivity contribution in [1.29, 1.82) is 0 Å². The van der Waals surface area contributed by atoms with Crippen LogP contribution >= 0.6 is 0 Å². The molecule has 2 heterocycles. The molecule has 4 atom stereocenters. The molecule has 2 saturated carbocycles. The SMILES string of the molecule is COc1ccc(CC(=O)N[C@H]2CCCCCC=C[C@@H]3C[C@@]3(C(=O)NS(=O)(=O)C3CC3)NC(=O)[C@@H]3CCCN3C2=O)cc1. The highest BCUT2D eigenvalue weighted by molar-refractivity contribution is 7.91. The van der Waals surface area contributed by atoms with Crippen LogP contribution < -0.4 is 20.1 Å². The first kappa shape index (κ1) is 30.1. The third kappa shape index (κ3) is 6.79. The summed E-state index contributed by atoms with van der Waals surface area (Å²) in [7, 11) is -2.22. The highest BCUT2D eigenvalue weighted by Gasteiger charge is 2.61. The lowest BCUT2D eigenvalue weighted by atomic mass is 10.0. The molecule has 3 N–H and O–H groups in total. The van der Waals surface area contributed by atoms with Gasteiger partial charge in [0.05, 0.1) is 18.8 Å². The van der Waals surface area contributed by atoms with E-state index in [2.05, 4.69) is 15.4 Å². The average Bonchev–Trinajstić information content (AvgIpc) is 3.88. The minimum Gasteiger partial charge on any atom is -0.497 e. The number of ether oxygens (including phenoxy) is 1. The second kappa shape index (κ2) is 12.4. The van der Waals surface area contributed by atoms with Crippen molar-refractivity contribution in [3.63, 3.8) is 0 Å². The van der Waals surface area contributed by atoms with Crippen molar-refractivity contribution < 1.29 is 32.3 Å². The smallest absolute Gasteiger partial charge is 0.259 e. The summed E-state index contributed by atoms with van der Waals surface area (Å²) >= 11 is 0. The van der Waals surface area contributed by atoms with Gasteiger partial charge in [0.25, 0.3) is 5.91 Å². The fourth-order valence-corrected chi connectivity index (χ4v) is 7.31. The molecule has 2 aliphatic carbocycles. The van der Waals surface area contributed by atoms with Crippen LogP contribution in [0, 0.1) is 5.92 Å². The van der Waals surface area contributed by atoms with Gasteiger partial charge in [0.2, 0.25) is 27.7 Å². The van der Waals surface area contributed by atoms with E-state index >= 15 is 0 Å². The maximum absolute atomic E-state index is 13.8. The number of methoxy groups -OCH3 is 1. The second-order valence-corrected chi connectivity index (χ2v) is 13.8. The van der Waals surface area contributed by atoms with Crippen molar-refractivity contribution in [2.75, 3.05) is 13.7 Å². The summed E-state index contributed by atoms with van der Waals surface area (Å²) < 4.78 is 32.4. The lowest BCUT2D eigenvalue weighted by Crippen LogP contribution is -2.58. The fourth-order valence-electron chi connectivity index (χ4n) is 5.95. The molecule has 3 fully saturated rings. The summed E-state index contributed by atoms with van der Waals surface area (Å²) in [5.41, 5.74) is -0.576. The zero-order valence-electron chi connectivity index (χ0n) is 24.0. The number of amides is 4. The van der Waals surface area contributed by atoms with Crippen LogP contribution in [0.3, 0.4) is 0 Å². The van der Waals surface area contributed by atoms with Crippen molar-refractivity contribution in [3.8, 4) is 5.75 Å². The van der Waals surface area contributed by atoms with Gasteiger partial charge in [-0.05, 0) is 69.1 Å². The molecule has 0 unspecified atom stereocenters. The van der Waals surface area contributed by atoms with E-state index in [1.165, 1.54) is 4.90 Å². The number of hydrogen-bond acceptors (Lipinski definition) is 7. The molecule has 0 aromatic heterocycles. The minimum atomic E-state index is -3.79. The van der Waals surface area contributed by atoms with Gasteiger partial charge in [0.15, 0.2) is 0 Å². The lowest BCUT2D eigenvalue weighted by molar-refractivity contribution is -0.142. The van der Waals surface area contributed by atoms with Crippen LogP contribution in [-0.4, -0.2) is 73.5 Å². The Labute approximate surface area is 246 Å². The molecule has 0 bridgehead atoms. The zero-order chi connectivity index (χ0) is 29.9. The quantitative estimate of drug-likeness (QED) is 0.403. The number of carbonyl (C=O) groups excluding carboxylic acids is 4. The van der Waals surface area contributed by atoms with Gasteiger partial charge in [-0.1, -0.05) is 37.1 Å². The second-order valence-electron chi connectivity index (χ2n) is 11.8. The predicted octanol–water partition coefficient (Wildman–Crippen LogP) is 1.72. The number of allylic oxidation sites excluding steroid dienone is 1. The molecule has 12 heteroatoms. The van der Waals surface area contributed by atoms with Gasteiger partial charge in [0.1, 0.15) is 23.4 Å². The van der Waals surface area contributed by atoms with Crippen molar-refractivity contribution in [2.45, 2.75) is 93.5 Å². The van der Waals surface area contributed by atoms with Gasteiger partial charge in [-0.3, -0.25) is 23.9 Å². The third-order valence-electron chi connectivity index (χ3n) is 8.69. The zero-order valence-corrected chi connectivity index (χ0v) is 24.8. The maximum Gasteiger partial charge on any atom is 0.259 e. The van der Waals surface area contributed by atoms with E-state index in [1.807, 2.05) is 12.2 Å². The largest absolute Gasteiger partial charge is 0.497 e. The van der Waals surface area contributed by atoms with Crippen LogP contribution in [-0.2, 0) is 35.6 Å². The molecular weight excluding hydrogens is 560 g/mol. The summed E-state index contributed by atoms with van der Waals surface area (Å²) in [6, 6.07) is 5.57. The van der Waals surface area contributed by atoms with Gasteiger partial charge in [0, 0.05) is 12.5 Å². The van der Waals surface area contributed by atoms with Gasteiger partial charge in [-0.2, -0.15) is 0 Å². The van der Waals surface area contributed by atoms with Crippen LogP contribution in [0.5, 0.6) is 5.75 Å². The van der Waals surface area contributed by atoms with E-state index in [1.54, 1.807) is 31.4 Å². The molecule has 228 valence electrons. The first-order chi connectivity index (χ1) is 20.1. The van der Waals surface area contributed by atoms with Gasteiger partial charge < -0.3 is 20.3 Å². The van der Waals surface area contributed by atoms with Gasteiger partial charge >= 0.3 is 0 Å². The number of carbonyl (C=O) groups is 4. The van der Waals surface area contributed by atoms with E-state index in [-0.39, 0.29) is 24.2 Å². The monoisotopic (exact) mass is 600 g/mol. The summed E-state index contributed by atoms with van der Waals surface area (Å²) in [5, 5.41) is 5.20. The first-order valence-electron chi connectivity index (χ1n) is 14.9. The van der Waals surface area contributed by atoms with Crippen molar-refractivity contribution in [2.24, 2.45) is 5.92 Å². The Kier molecular flexibility index (Phi) is 8.91. The number of hydrogen-bond donors (Lipinski definition) is 3. The van der Waals surface area contributed by atoms with Crippen molar-refractivity contribution in [1.82, 2.24) is 20.3 Å². The van der Waals surface area contributed by atoms with Crippen molar-refractivity contribution >= 4 is 33.7 Å². The maximum atomic E-state index is 13.8. The van der Waals surface area contributed by atoms with Gasteiger partial charge in [-0.15, -0.1) is 0 Å². The summed E-state index contributed by atoms with van der Waals surface area (Å²) in [5.74, 6) is -1.43. The Morgan fingerprint density at radius 3 is 2.52 bits per heavy atom. The normalized spacial score (nSPS) is 28.4. The Bertz CT molecular complexity index is 1340. The molecular formula is C30H40N4O7S. The van der Waals surface area contributed by atoms with Crippen molar-refractivity contribution in [3.05, 3.63) is 42.0 Å². The fraction of sp³-hybridized carbons (Fsp3) is 0.600. The van der Waals surface area contributed by atoms with E-state index in [4.69, 9.17) is 4.74 Å². The molecule has 0 spiro atoms. The molecule has 0 radical (unpaired) electrons. The average molecular weight is 601 g/mol. The summed E-state index contributed by atoms with van der Waals surface area (Å²) in [6.07, 6.45) is 9.96. The molecule has 42 heavy (non-hydrogen) atoms. The molecule has 2 aliphatic heterocycles. The molecule has 4 amide bonds. The summed E-state index contributed by atoms with van der Waals surface area (Å²) in [4.78, 5) is 55.2. The number of benzene rings is 1. The highest BCUT2D eigenvalue weighted by Crippen LogP contribution is 2.46. The number of nitrogens with zero attached hydrogens (tertiary/aromatic N) is 1. The number of nitrogens with one attached hydrogen (secondary N) is 3. The molecule has 1 aromatic rings. The van der Waals surface area contributed by atoms with Crippen LogP contribution in [0.1, 0.15) is 69.8 Å². The highest BCUT2D eigenvalue weighted by atomic mass is 32.2. The number of sulfonamides is 1. The van der Waals surface area contributed by atoms with E-state index in [9.17, 15) is 27.6 Å². The van der Waals surface area contributed by atoms with E-state index < -0.39 is 44.7 Å². The molecule has 5 rings (SSSR count). The van der Waals surface area contributed by atoms with Gasteiger partial charge in [-0.25, -0.2) is 8.42 Å². The Balaban J connectivity index is 1.31. The minimum absolute atomic E-state index is 0.102. The number of fused-ring (bicyclic) bond motifs is 2. The molecule has 4 aliphatic rings. The third-order valence-corrected chi connectivity index (χ3v) is 10.5. The van der Waals surface area contributed by atoms with Crippen LogP contribution in [0.2, 0.25) is 0 Å². The predicted molar refractivity (Wildman–Crippen MR) is 155 cm³/mol. The molecule has 1 aromatic carbocycles. The van der Waals surface area contributed by atoms with E-state index in [0.717, 1.165) is 31.2 Å². The van der Waals surface area contributed by atoms with Crippen LogP contribution in [0.15, 0.2) is 36.4 Å². The Morgan fingerprint density at radius 1 is 1.05 bits per heavy atom. The Hall–Kier alpha value is -3.41. The molecule has 11 nitrogen and oxygen atoms in total. The summed E-state index contributed by atoms with van der Waals surface area (Å²) in [6.45, 7) is 0.361. The topological polar surface area (TPSA) is 151 Å². The molecule has 1 saturated heterocycles. The first-order valence-corrected chi connectivity index (χ1v) is 16.4. The lowest BCUT2D eigenvalue weighted by Gasteiger charge is -2.30. The van der Waals surface area contributed by atoms with E-state index in [0.29, 0.717) is 50.8 Å². The van der Waals surface area contributed by atoms with Crippen LogP contribution in [0.4, 0.5) is 0 Å².